The third kappa shape index (κ3) is 34.0. The van der Waals surface area contributed by atoms with Crippen LogP contribution in [-0.2, 0) is 49.9 Å². The van der Waals surface area contributed by atoms with Crippen LogP contribution in [0, 0.1) is 0 Å². The zero-order valence-electron chi connectivity index (χ0n) is 81.0. The van der Waals surface area contributed by atoms with E-state index in [9.17, 15) is 0 Å². The maximum absolute atomic E-state index is 5.89. The van der Waals surface area contributed by atoms with E-state index in [0.717, 1.165) is 202 Å². The number of nitrogens with zero attached hydrogens (tertiary/aromatic N) is 21. The standard InChI is InChI=1S/2C13H22N4.C13H21N3.2C12H20N4.C12H15N3.C11H14N4S.C11H14N4/c1-13(2,3)12-15-6-10(7-16-12)8-17-5-4-11(14)9-17;1-13(2,3)12-15-8-6-11(17-12)16-10-5-4-7-14-9-10;1-13(2,3)12-15-9-6-11(16-12)10-4-7-14-8-5-10;1-12(2,3)11-14-5-4-10(15-11)16-8-6-13-7-9-16;1-12(2,3)10-4-5-14-11(15-10)16-8-6-13-7-9-16;1-12(2,3)11-7-10(14-8-15-11)9-5-4-6-13-9;1-11(2,3)9-12-5-4-8(14-9)15-10-13-6-7-16-10;1-11(2,3)10-4-9(12-7-13-10)8-5-14-15-6-8/h6-7,11H,4-5,8-9,14H2,1-3H3;6,8,10,14H,4-5,7,9H2,1-3H3,(H,15,16,17);6,9-10,14H,4-5,7-8H2,1-3H3;2*4-5,13H,6-9H2,1-3H3;4-8,13H,1-3H3;4-7H,1-3H3,(H,12,13,14,15);4-7H,1-3H3,(H,14,15). The van der Waals surface area contributed by atoms with E-state index < -0.39 is 0 Å². The molecule has 16 rings (SSSR count). The Kier molecular flexibility index (Phi) is 37.1. The number of rotatable bonds is 11. The van der Waals surface area contributed by atoms with Gasteiger partial charge in [0, 0.05) is 235 Å². The summed E-state index contributed by atoms with van der Waals surface area (Å²) in [4.78, 5) is 84.9. The molecule has 0 amide bonds. The van der Waals surface area contributed by atoms with Crippen molar-refractivity contribution in [3.05, 3.63) is 198 Å². The number of H-pyrrole nitrogens is 2. The van der Waals surface area contributed by atoms with Gasteiger partial charge in [-0.1, -0.05) is 166 Å². The summed E-state index contributed by atoms with van der Waals surface area (Å²) in [5.41, 5.74) is 15.6. The monoisotopic (exact) mass is 1770 g/mol. The van der Waals surface area contributed by atoms with Crippen molar-refractivity contribution in [3.63, 3.8) is 0 Å². The number of hydrogen-bond donors (Lipinski definition) is 9. The topological polar surface area (TPSA) is 372 Å². The molecule has 5 fully saturated rings. The molecule has 11 aromatic heterocycles. The van der Waals surface area contributed by atoms with Crippen LogP contribution in [0.1, 0.15) is 262 Å². The molecule has 10 N–H and O–H groups in total. The highest BCUT2D eigenvalue weighted by Gasteiger charge is 2.28. The minimum atomic E-state index is -0.0411. The van der Waals surface area contributed by atoms with Crippen LogP contribution in [0.5, 0.6) is 0 Å². The molecule has 5 aliphatic heterocycles. The van der Waals surface area contributed by atoms with Gasteiger partial charge in [0.25, 0.3) is 0 Å². The second-order valence-electron chi connectivity index (χ2n) is 41.3. The van der Waals surface area contributed by atoms with Crippen LogP contribution in [0.4, 0.5) is 28.5 Å². The molecule has 16 heterocycles. The van der Waals surface area contributed by atoms with Gasteiger partial charge in [0.05, 0.1) is 29.0 Å². The molecule has 0 aliphatic carbocycles. The molecule has 0 radical (unpaired) electrons. The number of hydrogen-bond acceptors (Lipinski definition) is 29. The van der Waals surface area contributed by atoms with E-state index >= 15 is 0 Å². The molecule has 5 saturated heterocycles. The maximum atomic E-state index is 5.89. The minimum absolute atomic E-state index is 0.00248. The molecule has 692 valence electrons. The van der Waals surface area contributed by atoms with E-state index in [0.29, 0.717) is 18.0 Å². The Morgan fingerprint density at radius 3 is 1.50 bits per heavy atom. The fourth-order valence-corrected chi connectivity index (χ4v) is 14.2. The second-order valence-corrected chi connectivity index (χ2v) is 42.2. The summed E-state index contributed by atoms with van der Waals surface area (Å²) in [7, 11) is 0. The second kappa shape index (κ2) is 46.8. The first kappa shape index (κ1) is 101. The van der Waals surface area contributed by atoms with Gasteiger partial charge in [-0.2, -0.15) is 5.10 Å². The van der Waals surface area contributed by atoms with Gasteiger partial charge in [-0.3, -0.25) is 10.00 Å². The lowest BCUT2D eigenvalue weighted by Crippen LogP contribution is -2.44. The molecule has 0 bridgehead atoms. The Labute approximate surface area is 766 Å². The first-order chi connectivity index (χ1) is 60.4. The van der Waals surface area contributed by atoms with Crippen LogP contribution >= 0.6 is 11.3 Å². The highest BCUT2D eigenvalue weighted by molar-refractivity contribution is 7.13. The number of aromatic nitrogens is 20. The number of nitrogens with one attached hydrogen (secondary N) is 8. The van der Waals surface area contributed by atoms with Gasteiger partial charge in [-0.15, -0.1) is 11.3 Å². The van der Waals surface area contributed by atoms with Gasteiger partial charge >= 0.3 is 0 Å². The molecule has 5 aliphatic rings. The van der Waals surface area contributed by atoms with Crippen molar-refractivity contribution in [1.82, 2.24) is 126 Å². The van der Waals surface area contributed by atoms with Crippen molar-refractivity contribution in [2.24, 2.45) is 5.73 Å². The Morgan fingerprint density at radius 1 is 0.445 bits per heavy atom. The van der Waals surface area contributed by atoms with E-state index in [1.54, 1.807) is 42.6 Å². The molecule has 0 spiro atoms. The van der Waals surface area contributed by atoms with E-state index in [2.05, 4.69) is 314 Å². The summed E-state index contributed by atoms with van der Waals surface area (Å²) >= 11 is 1.55. The fraction of sp³-hybridized carbons (Fsp3) is 0.567. The first-order valence-electron chi connectivity index (χ1n) is 45.4. The Hall–Kier alpha value is -10.3. The molecular formula is C97H148N30S. The van der Waals surface area contributed by atoms with Crippen molar-refractivity contribution in [3.8, 4) is 22.6 Å². The lowest BCUT2D eigenvalue weighted by atomic mass is 9.91. The van der Waals surface area contributed by atoms with Crippen molar-refractivity contribution in [2.45, 2.75) is 266 Å². The molecule has 0 saturated carbocycles. The van der Waals surface area contributed by atoms with E-state index in [-0.39, 0.29) is 43.3 Å². The maximum Gasteiger partial charge on any atom is 0.225 e. The molecule has 128 heavy (non-hydrogen) atoms. The third-order valence-corrected chi connectivity index (χ3v) is 22.0. The zero-order chi connectivity index (χ0) is 92.9. The highest BCUT2D eigenvalue weighted by Crippen LogP contribution is 2.31. The fourth-order valence-electron chi connectivity index (χ4n) is 13.6. The Bertz CT molecular complexity index is 4740. The average molecular weight is 1770 g/mol. The largest absolute Gasteiger partial charge is 0.366 e. The molecule has 31 heteroatoms. The number of likely N-dealkylation sites (tertiary alicyclic amines) is 1. The number of thiazole rings is 1. The van der Waals surface area contributed by atoms with Crippen LogP contribution in [0.25, 0.3) is 22.6 Å². The summed E-state index contributed by atoms with van der Waals surface area (Å²) in [6, 6.07) is 18.7. The SMILES string of the molecule is CC(C)(C)c1cc(-c2ccc[nH]2)ncn1.CC(C)(C)c1cc(-c2cn[nH]c2)ncn1.CC(C)(C)c1ccnc(N2CCNCC2)n1.CC(C)(C)c1ncc(CN2CCC(N)C2)cn1.CC(C)(C)c1nccc(C2CCNCC2)n1.CC(C)(C)c1nccc(N2CCNCC2)n1.CC(C)(C)c1nccc(NC2CCCNC2)n1.CC(C)(C)c1nccc(Nc2nccs2)n1. The van der Waals surface area contributed by atoms with Gasteiger partial charge in [-0.25, -0.2) is 84.7 Å². The quantitative estimate of drug-likeness (QED) is 0.0581. The number of piperazine rings is 2. The van der Waals surface area contributed by atoms with Crippen LogP contribution in [0.15, 0.2) is 141 Å². The van der Waals surface area contributed by atoms with E-state index in [1.165, 1.54) is 36.9 Å². The van der Waals surface area contributed by atoms with Crippen molar-refractivity contribution in [2.75, 3.05) is 112 Å². The summed E-state index contributed by atoms with van der Waals surface area (Å²) in [5, 5.41) is 29.5. The van der Waals surface area contributed by atoms with Crippen molar-refractivity contribution >= 4 is 39.9 Å². The predicted octanol–water partition coefficient (Wildman–Crippen LogP) is 15.8. The lowest BCUT2D eigenvalue weighted by molar-refractivity contribution is 0.325. The zero-order valence-corrected chi connectivity index (χ0v) is 81.8. The van der Waals surface area contributed by atoms with Gasteiger partial charge in [0.2, 0.25) is 5.95 Å². The minimum Gasteiger partial charge on any atom is -0.366 e. The summed E-state index contributed by atoms with van der Waals surface area (Å²) in [5.74, 6) is 8.78. The number of aromatic amines is 2. The average Bonchev–Trinajstić information content (AvgIpc) is 0.853. The summed E-state index contributed by atoms with van der Waals surface area (Å²) in [6.07, 6.45) is 29.5. The number of anilines is 5. The van der Waals surface area contributed by atoms with Crippen LogP contribution in [0.3, 0.4) is 0 Å². The molecular weight excluding hydrogens is 1620 g/mol. The van der Waals surface area contributed by atoms with Crippen molar-refractivity contribution < 1.29 is 0 Å². The highest BCUT2D eigenvalue weighted by atomic mass is 32.1. The van der Waals surface area contributed by atoms with Crippen molar-refractivity contribution in [1.29, 1.82) is 0 Å². The van der Waals surface area contributed by atoms with Gasteiger partial charge in [-0.05, 0) is 106 Å². The van der Waals surface area contributed by atoms with Gasteiger partial charge in [0.1, 0.15) is 59.2 Å². The number of nitrogens with two attached hydrogens (primary N) is 1. The Morgan fingerprint density at radius 2 is 0.977 bits per heavy atom. The normalized spacial score (nSPS) is 16.6. The van der Waals surface area contributed by atoms with E-state index in [4.69, 9.17) is 10.7 Å². The smallest absolute Gasteiger partial charge is 0.225 e. The molecule has 11 aromatic rings. The lowest BCUT2D eigenvalue weighted by Gasteiger charge is -2.29. The van der Waals surface area contributed by atoms with Gasteiger partial charge < -0.3 is 52.4 Å². The van der Waals surface area contributed by atoms with E-state index in [1.807, 2.05) is 103 Å². The first-order valence-corrected chi connectivity index (χ1v) is 46.3. The molecule has 2 atom stereocenters. The molecule has 2 unspecified atom stereocenters. The third-order valence-electron chi connectivity index (χ3n) is 21.3. The molecule has 30 nitrogen and oxygen atoms in total. The van der Waals surface area contributed by atoms with Gasteiger partial charge in [0.15, 0.2) is 5.13 Å². The summed E-state index contributed by atoms with van der Waals surface area (Å²) < 4.78 is 0. The van der Waals surface area contributed by atoms with Crippen LogP contribution in [-0.4, -0.2) is 209 Å². The summed E-state index contributed by atoms with van der Waals surface area (Å²) in [6.45, 7) is 66.9. The number of piperidine rings is 2. The van der Waals surface area contributed by atoms with Crippen LogP contribution in [0.2, 0.25) is 0 Å². The van der Waals surface area contributed by atoms with Crippen LogP contribution < -0.4 is 47.4 Å². The molecule has 0 aromatic carbocycles. The predicted molar refractivity (Wildman–Crippen MR) is 521 cm³/mol. The Balaban J connectivity index is 0.000000165.